The first-order valence-electron chi connectivity index (χ1n) is 15.6. The third-order valence-corrected chi connectivity index (χ3v) is 8.72. The molecule has 0 bridgehead atoms. The van der Waals surface area contributed by atoms with Crippen molar-refractivity contribution in [3.63, 3.8) is 0 Å². The third kappa shape index (κ3) is 9.72. The van der Waals surface area contributed by atoms with Crippen LogP contribution >= 0.6 is 23.2 Å². The van der Waals surface area contributed by atoms with Crippen molar-refractivity contribution in [3.8, 4) is 11.5 Å². The van der Waals surface area contributed by atoms with Crippen molar-refractivity contribution in [1.82, 2.24) is 4.90 Å². The Hall–Kier alpha value is -3.57. The third-order valence-electron chi connectivity index (χ3n) is 7.35. The van der Waals surface area contributed by atoms with E-state index >= 15 is 0 Å². The Labute approximate surface area is 284 Å². The standard InChI is InChI=1S/C37H42Cl2N2O4Si/c1-37(2,3)45-33(42)9-7-8-22-40-32-19-12-27(21-24-46(4,5)6)25-31(32)35(43)41(23-20-26-10-15-29(38)16-11-26)34(36(40)44)28-13-17-30(39)18-14-28/h10-19,25,34H,7-9,20,22-23H2,1-6H3/t34-/m1/s1. The molecule has 0 spiro atoms. The number of nitrogens with zero attached hydrogens (tertiary/aromatic N) is 2. The smallest absolute Gasteiger partial charge is 0.306 e. The number of ether oxygens (including phenoxy) is 1. The number of hydrogen-bond donors (Lipinski definition) is 0. The van der Waals surface area contributed by atoms with Gasteiger partial charge in [0, 0.05) is 35.1 Å². The number of benzene rings is 3. The largest absolute Gasteiger partial charge is 0.460 e. The number of unbranched alkanes of at least 4 members (excludes halogenated alkanes) is 1. The summed E-state index contributed by atoms with van der Waals surface area (Å²) >= 11 is 12.4. The molecular formula is C37H42Cl2N2O4Si. The second-order valence-corrected chi connectivity index (χ2v) is 19.2. The molecule has 0 unspecified atom stereocenters. The normalized spacial score (nSPS) is 15.2. The molecule has 1 atom stereocenters. The van der Waals surface area contributed by atoms with Crippen molar-refractivity contribution in [2.24, 2.45) is 0 Å². The molecule has 0 saturated heterocycles. The fraction of sp³-hybridized carbons (Fsp3) is 0.378. The molecule has 0 aromatic heterocycles. The fourth-order valence-electron chi connectivity index (χ4n) is 5.21. The SMILES string of the molecule is CC(C)(C)OC(=O)CCCCN1C(=O)[C@@H](c2ccc(Cl)cc2)N(CCc2ccc(Cl)cc2)C(=O)c2cc(C#C[Si](C)(C)C)ccc21. The molecule has 6 nitrogen and oxygen atoms in total. The van der Waals surface area contributed by atoms with Gasteiger partial charge in [-0.1, -0.05) is 73.0 Å². The molecule has 0 aliphatic carbocycles. The van der Waals surface area contributed by atoms with Crippen LogP contribution in [0.2, 0.25) is 29.7 Å². The van der Waals surface area contributed by atoms with Crippen LogP contribution in [0, 0.1) is 11.5 Å². The van der Waals surface area contributed by atoms with Crippen molar-refractivity contribution in [1.29, 1.82) is 0 Å². The number of halogens is 2. The number of fused-ring (bicyclic) bond motifs is 1. The Morgan fingerprint density at radius 3 is 2.13 bits per heavy atom. The van der Waals surface area contributed by atoms with Crippen molar-refractivity contribution < 1.29 is 19.1 Å². The van der Waals surface area contributed by atoms with Crippen LogP contribution in [0.15, 0.2) is 66.7 Å². The van der Waals surface area contributed by atoms with E-state index in [-0.39, 0.29) is 24.2 Å². The van der Waals surface area contributed by atoms with Crippen LogP contribution in [0.1, 0.15) is 73.1 Å². The first-order valence-corrected chi connectivity index (χ1v) is 19.9. The van der Waals surface area contributed by atoms with Crippen LogP contribution in [0.5, 0.6) is 0 Å². The Kier molecular flexibility index (Phi) is 11.4. The maximum absolute atomic E-state index is 14.6. The van der Waals surface area contributed by atoms with Gasteiger partial charge in [0.05, 0.1) is 11.3 Å². The number of esters is 1. The van der Waals surface area contributed by atoms with Crippen molar-refractivity contribution >= 4 is 54.7 Å². The van der Waals surface area contributed by atoms with Gasteiger partial charge in [0.15, 0.2) is 0 Å². The average Bonchev–Trinajstić information content (AvgIpc) is 3.05. The van der Waals surface area contributed by atoms with Gasteiger partial charge in [-0.3, -0.25) is 14.4 Å². The number of amides is 2. The summed E-state index contributed by atoms with van der Waals surface area (Å²) in [6.45, 7) is 12.7. The molecule has 9 heteroatoms. The molecule has 3 aromatic rings. The topological polar surface area (TPSA) is 66.9 Å². The number of carbonyl (C=O) groups excluding carboxylic acids is 3. The monoisotopic (exact) mass is 676 g/mol. The van der Waals surface area contributed by atoms with Crippen molar-refractivity contribution in [2.45, 2.75) is 77.7 Å². The molecule has 46 heavy (non-hydrogen) atoms. The van der Waals surface area contributed by atoms with Crippen LogP contribution in [0.4, 0.5) is 5.69 Å². The minimum atomic E-state index is -1.68. The predicted octanol–water partition coefficient (Wildman–Crippen LogP) is 8.51. The lowest BCUT2D eigenvalue weighted by molar-refractivity contribution is -0.154. The van der Waals surface area contributed by atoms with Gasteiger partial charge in [0.2, 0.25) is 0 Å². The predicted molar refractivity (Wildman–Crippen MR) is 189 cm³/mol. The average molecular weight is 678 g/mol. The molecule has 2 amide bonds. The van der Waals surface area contributed by atoms with E-state index < -0.39 is 19.7 Å². The summed E-state index contributed by atoms with van der Waals surface area (Å²) in [6.07, 6.45) is 1.85. The molecule has 1 heterocycles. The maximum atomic E-state index is 14.6. The molecule has 0 N–H and O–H groups in total. The molecule has 0 saturated carbocycles. The summed E-state index contributed by atoms with van der Waals surface area (Å²) in [5, 5.41) is 1.17. The summed E-state index contributed by atoms with van der Waals surface area (Å²) in [5.41, 5.74) is 6.19. The first kappa shape index (κ1) is 35.3. The van der Waals surface area contributed by atoms with Gasteiger partial charge in [-0.2, -0.15) is 0 Å². The van der Waals surface area contributed by atoms with Crippen molar-refractivity contribution in [3.05, 3.63) is 99.0 Å². The lowest BCUT2D eigenvalue weighted by Gasteiger charge is -2.31. The van der Waals surface area contributed by atoms with E-state index in [1.54, 1.807) is 34.1 Å². The molecule has 242 valence electrons. The van der Waals surface area contributed by atoms with E-state index in [2.05, 4.69) is 31.1 Å². The van der Waals surface area contributed by atoms with Gasteiger partial charge in [-0.15, -0.1) is 5.54 Å². The lowest BCUT2D eigenvalue weighted by Crippen LogP contribution is -2.43. The summed E-state index contributed by atoms with van der Waals surface area (Å²) in [4.78, 5) is 44.9. The van der Waals surface area contributed by atoms with Crippen LogP contribution in [0.25, 0.3) is 0 Å². The Balaban J connectivity index is 1.75. The van der Waals surface area contributed by atoms with Gasteiger partial charge >= 0.3 is 5.97 Å². The van der Waals surface area contributed by atoms with Gasteiger partial charge in [0.1, 0.15) is 19.7 Å². The minimum absolute atomic E-state index is 0.219. The number of rotatable bonds is 9. The zero-order valence-corrected chi connectivity index (χ0v) is 30.0. The number of carbonyl (C=O) groups is 3. The summed E-state index contributed by atoms with van der Waals surface area (Å²) < 4.78 is 5.47. The second kappa shape index (κ2) is 14.9. The van der Waals surface area contributed by atoms with Crippen LogP contribution < -0.4 is 4.90 Å². The Bertz CT molecular complexity index is 1630. The molecular weight excluding hydrogens is 635 g/mol. The number of anilines is 1. The number of hydrogen-bond acceptors (Lipinski definition) is 4. The zero-order chi connectivity index (χ0) is 33.6. The molecule has 0 radical (unpaired) electrons. The van der Waals surface area contributed by atoms with Gasteiger partial charge in [-0.05, 0) is 93.6 Å². The summed E-state index contributed by atoms with van der Waals surface area (Å²) in [5.74, 6) is 2.53. The molecule has 4 rings (SSSR count). The molecule has 0 fully saturated rings. The molecule has 3 aromatic carbocycles. The van der Waals surface area contributed by atoms with Crippen molar-refractivity contribution in [2.75, 3.05) is 18.0 Å². The highest BCUT2D eigenvalue weighted by Gasteiger charge is 2.40. The fourth-order valence-corrected chi connectivity index (χ4v) is 5.98. The van der Waals surface area contributed by atoms with Crippen LogP contribution in [-0.2, 0) is 20.7 Å². The first-order chi connectivity index (χ1) is 21.6. The minimum Gasteiger partial charge on any atom is -0.460 e. The molecule has 1 aliphatic heterocycles. The summed E-state index contributed by atoms with van der Waals surface area (Å²) in [6, 6.07) is 19.2. The maximum Gasteiger partial charge on any atom is 0.306 e. The van der Waals surface area contributed by atoms with Gasteiger partial charge in [0.25, 0.3) is 11.8 Å². The van der Waals surface area contributed by atoms with Gasteiger partial charge in [-0.25, -0.2) is 0 Å². The molecule has 1 aliphatic rings. The highest BCUT2D eigenvalue weighted by Crippen LogP contribution is 2.36. The zero-order valence-electron chi connectivity index (χ0n) is 27.5. The van der Waals surface area contributed by atoms with Crippen LogP contribution in [-0.4, -0.2) is 49.4 Å². The quantitative estimate of drug-likeness (QED) is 0.0986. The van der Waals surface area contributed by atoms with E-state index in [1.807, 2.05) is 63.2 Å². The highest BCUT2D eigenvalue weighted by atomic mass is 35.5. The van der Waals surface area contributed by atoms with E-state index in [0.717, 1.165) is 11.1 Å². The Morgan fingerprint density at radius 2 is 1.52 bits per heavy atom. The van der Waals surface area contributed by atoms with E-state index in [4.69, 9.17) is 27.9 Å². The van der Waals surface area contributed by atoms with Gasteiger partial charge < -0.3 is 14.5 Å². The van der Waals surface area contributed by atoms with E-state index in [1.165, 1.54) is 0 Å². The van der Waals surface area contributed by atoms with E-state index in [9.17, 15) is 14.4 Å². The van der Waals surface area contributed by atoms with E-state index in [0.29, 0.717) is 59.2 Å². The second-order valence-electron chi connectivity index (χ2n) is 13.6. The summed E-state index contributed by atoms with van der Waals surface area (Å²) in [7, 11) is -1.68. The Morgan fingerprint density at radius 1 is 0.891 bits per heavy atom. The highest BCUT2D eigenvalue weighted by molar-refractivity contribution is 6.83. The van der Waals surface area contributed by atoms with Crippen LogP contribution in [0.3, 0.4) is 0 Å². The lowest BCUT2D eigenvalue weighted by atomic mass is 10.0.